The second-order valence-electron chi connectivity index (χ2n) is 30.4. The van der Waals surface area contributed by atoms with Gasteiger partial charge in [0.25, 0.3) is 0 Å². The first-order chi connectivity index (χ1) is 43.6. The number of unbranched alkanes of at least 4 members (excludes halogenated alkanes) is 16. The van der Waals surface area contributed by atoms with Gasteiger partial charge in [0, 0.05) is 17.4 Å². The molecular weight excluding hydrogens is 1080 g/mol. The highest BCUT2D eigenvalue weighted by molar-refractivity contribution is 6.12. The highest BCUT2D eigenvalue weighted by Gasteiger charge is 2.50. The highest BCUT2D eigenvalue weighted by Crippen LogP contribution is 2.60. The van der Waals surface area contributed by atoms with Crippen LogP contribution in [-0.2, 0) is 4.79 Å². The van der Waals surface area contributed by atoms with E-state index in [0.29, 0.717) is 17.6 Å². The largest absolute Gasteiger partial charge is 0.293 e. The molecule has 10 aliphatic rings. The first kappa shape index (κ1) is 67.6. The van der Waals surface area contributed by atoms with E-state index >= 15 is 4.79 Å². The summed E-state index contributed by atoms with van der Waals surface area (Å²) in [6, 6.07) is 0. The van der Waals surface area contributed by atoms with E-state index in [2.05, 4.69) is 144 Å². The van der Waals surface area contributed by atoms with Crippen molar-refractivity contribution in [2.45, 2.75) is 301 Å². The molecule has 0 aromatic heterocycles. The number of ketones is 1. The van der Waals surface area contributed by atoms with Crippen molar-refractivity contribution in [2.75, 3.05) is 0 Å². The van der Waals surface area contributed by atoms with Crippen molar-refractivity contribution in [2.24, 2.45) is 23.7 Å². The summed E-state index contributed by atoms with van der Waals surface area (Å²) in [5.41, 5.74) is 39.0. The lowest BCUT2D eigenvalue weighted by Gasteiger charge is -2.28. The lowest BCUT2D eigenvalue weighted by atomic mass is 9.75. The van der Waals surface area contributed by atoms with Gasteiger partial charge < -0.3 is 0 Å². The van der Waals surface area contributed by atoms with Crippen LogP contribution in [0.25, 0.3) is 0 Å². The molecule has 482 valence electrons. The van der Waals surface area contributed by atoms with Gasteiger partial charge in [-0.05, 0) is 265 Å². The molecule has 0 heterocycles. The Morgan fingerprint density at radius 2 is 0.667 bits per heavy atom. The molecule has 0 spiro atoms. The first-order valence-corrected chi connectivity index (χ1v) is 37.5. The maximum Gasteiger partial charge on any atom is 0.171 e. The van der Waals surface area contributed by atoms with Crippen molar-refractivity contribution in [3.8, 4) is 0 Å². The zero-order valence-electron chi connectivity index (χ0n) is 59.2. The van der Waals surface area contributed by atoms with Crippen LogP contribution < -0.4 is 0 Å². The van der Waals surface area contributed by atoms with E-state index in [0.717, 1.165) is 69.8 Å². The lowest BCUT2D eigenvalue weighted by molar-refractivity contribution is -0.117. The predicted octanol–water partition coefficient (Wildman–Crippen LogP) is 26.9. The smallest absolute Gasteiger partial charge is 0.171 e. The fraction of sp³-hybridized carbons (Fsp3) is 0.562. The molecule has 0 aromatic carbocycles. The van der Waals surface area contributed by atoms with Crippen LogP contribution in [-0.4, -0.2) is 5.78 Å². The number of allylic oxidation sites excluding steroid dienone is 37. The first-order valence-electron chi connectivity index (χ1n) is 37.5. The average molecular weight is 1210 g/mol. The van der Waals surface area contributed by atoms with Gasteiger partial charge in [-0.25, -0.2) is 0 Å². The minimum atomic E-state index is -0.122. The second-order valence-corrected chi connectivity index (χ2v) is 30.4. The van der Waals surface area contributed by atoms with E-state index in [9.17, 15) is 0 Å². The van der Waals surface area contributed by atoms with Gasteiger partial charge in [0.05, 0.1) is 0 Å². The molecule has 4 unspecified atom stereocenters. The Morgan fingerprint density at radius 3 is 1.10 bits per heavy atom. The Morgan fingerprint density at radius 1 is 0.333 bits per heavy atom. The average Bonchev–Trinajstić information content (AvgIpc) is 1.57. The SMILES string of the molecule is C=C1C2=C(C3=C(C)C=C(C4=C(C)C=C(C5=C(C)C=C(C)C5)C4)C3)C(CC(CCCCCC)CCCCCCCC)C(=O)C2=C(C2=C(C)C=C(C3=C(C)C=C(C4=C(C)C=C(C5=CC=C(C6=CC=C(C)C6)C5)C4)C3)C2)C1CC(CCCCCC)CCCCCCCC. The minimum Gasteiger partial charge on any atom is -0.293 e. The molecule has 0 aliphatic heterocycles. The molecule has 0 radical (unpaired) electrons. The van der Waals surface area contributed by atoms with Crippen molar-refractivity contribution in [1.29, 1.82) is 0 Å². The number of carbonyl (C=O) groups excluding carboxylic acids is 1. The Labute approximate surface area is 550 Å². The summed E-state index contributed by atoms with van der Waals surface area (Å²) in [4.78, 5) is 16.8. The van der Waals surface area contributed by atoms with Crippen LogP contribution >= 0.6 is 0 Å². The zero-order chi connectivity index (χ0) is 63.6. The van der Waals surface area contributed by atoms with Gasteiger partial charge in [0.2, 0.25) is 0 Å². The summed E-state index contributed by atoms with van der Waals surface area (Å²) in [5, 5.41) is 0. The Kier molecular flexibility index (Phi) is 23.7. The summed E-state index contributed by atoms with van der Waals surface area (Å²) < 4.78 is 0. The molecule has 0 bridgehead atoms. The predicted molar refractivity (Wildman–Crippen MR) is 390 cm³/mol. The van der Waals surface area contributed by atoms with Crippen LogP contribution in [0, 0.1) is 23.7 Å². The molecule has 0 aromatic rings. The molecule has 0 amide bonds. The Bertz CT molecular complexity index is 3410. The zero-order valence-corrected chi connectivity index (χ0v) is 59.2. The number of fused-ring (bicyclic) bond motifs is 1. The van der Waals surface area contributed by atoms with Crippen LogP contribution in [0.1, 0.15) is 301 Å². The summed E-state index contributed by atoms with van der Waals surface area (Å²) in [6.07, 6.45) is 66.0. The summed E-state index contributed by atoms with van der Waals surface area (Å²) in [6.45, 7) is 33.6. The molecule has 0 N–H and O–H groups in total. The van der Waals surface area contributed by atoms with Gasteiger partial charge in [-0.2, -0.15) is 0 Å². The number of carbonyl (C=O) groups is 1. The third-order valence-corrected chi connectivity index (χ3v) is 23.3. The summed E-state index contributed by atoms with van der Waals surface area (Å²) in [7, 11) is 0. The normalized spacial score (nSPS) is 22.6. The topological polar surface area (TPSA) is 17.1 Å². The fourth-order valence-corrected chi connectivity index (χ4v) is 18.1. The molecule has 10 aliphatic carbocycles. The van der Waals surface area contributed by atoms with Gasteiger partial charge >= 0.3 is 0 Å². The summed E-state index contributed by atoms with van der Waals surface area (Å²) >= 11 is 0. The van der Waals surface area contributed by atoms with Gasteiger partial charge in [-0.1, -0.05) is 260 Å². The molecule has 0 fully saturated rings. The van der Waals surface area contributed by atoms with Crippen LogP contribution in [0.2, 0.25) is 0 Å². The van der Waals surface area contributed by atoms with Crippen molar-refractivity contribution in [3.63, 3.8) is 0 Å². The van der Waals surface area contributed by atoms with E-state index in [1.165, 1.54) is 299 Å². The van der Waals surface area contributed by atoms with Crippen molar-refractivity contribution in [1.82, 2.24) is 0 Å². The van der Waals surface area contributed by atoms with Crippen LogP contribution in [0.4, 0.5) is 0 Å². The number of hydrogen-bond acceptors (Lipinski definition) is 1. The second kappa shape index (κ2) is 31.6. The van der Waals surface area contributed by atoms with Crippen molar-refractivity contribution >= 4 is 5.78 Å². The quantitative estimate of drug-likeness (QED) is 0.0572. The molecule has 0 saturated carbocycles. The van der Waals surface area contributed by atoms with Gasteiger partial charge in [-0.3, -0.25) is 4.79 Å². The monoisotopic (exact) mass is 1200 g/mol. The highest BCUT2D eigenvalue weighted by atomic mass is 16.1. The molecule has 0 saturated heterocycles. The van der Waals surface area contributed by atoms with Gasteiger partial charge in [-0.15, -0.1) is 0 Å². The molecule has 1 heteroatoms. The van der Waals surface area contributed by atoms with Crippen LogP contribution in [0.5, 0.6) is 0 Å². The van der Waals surface area contributed by atoms with Crippen LogP contribution in [0.3, 0.4) is 0 Å². The molecular formula is C89H120O. The molecule has 90 heavy (non-hydrogen) atoms. The molecule has 4 atom stereocenters. The molecule has 10 rings (SSSR count). The Balaban J connectivity index is 0.983. The minimum absolute atomic E-state index is 0.122. The number of Topliss-reactive ketones (excluding diaryl/α,β-unsaturated/α-hetero) is 1. The third kappa shape index (κ3) is 15.5. The maximum atomic E-state index is 16.8. The number of rotatable bonds is 36. The van der Waals surface area contributed by atoms with Gasteiger partial charge in [0.1, 0.15) is 0 Å². The van der Waals surface area contributed by atoms with E-state index in [-0.39, 0.29) is 11.8 Å². The van der Waals surface area contributed by atoms with E-state index in [4.69, 9.17) is 6.58 Å². The van der Waals surface area contributed by atoms with Crippen LogP contribution in [0.15, 0.2) is 218 Å². The number of hydrogen-bond donors (Lipinski definition) is 0. The van der Waals surface area contributed by atoms with E-state index < -0.39 is 0 Å². The maximum absolute atomic E-state index is 16.8. The van der Waals surface area contributed by atoms with E-state index in [1.54, 1.807) is 0 Å². The summed E-state index contributed by atoms with van der Waals surface area (Å²) in [5.74, 6) is 1.64. The lowest BCUT2D eigenvalue weighted by Crippen LogP contribution is -2.21. The standard InChI is InChI=1S/C89H120O/c1-14-18-22-26-28-32-36-67(34-30-24-20-16-3)50-83-66(13)85-87(82-57-76(49-65(82)12)79-54-73(46-62(79)9)77-44-59(6)42-60(77)7)84(51-68(35-31-25-21-17-4)37-33-29-27-23-19-15-2)89(90)88(85)86(83)81-56-75(48-64(81)11)80-55-74(47-63(80)10)78-53-72(45-61(78)8)71-41-40-70(52-71)69-39-38-58(5)43-69/h38-42,45-49,67-68,83-84H,13-37,43-44,50-57H2,1-12H3. The van der Waals surface area contributed by atoms with Gasteiger partial charge in [0.15, 0.2) is 5.78 Å². The van der Waals surface area contributed by atoms with Crippen molar-refractivity contribution in [3.05, 3.63) is 218 Å². The third-order valence-electron chi connectivity index (χ3n) is 23.3. The van der Waals surface area contributed by atoms with E-state index in [1.807, 2.05) is 0 Å². The Hall–Kier alpha value is -5.27. The molecule has 1 nitrogen and oxygen atoms in total. The fourth-order valence-electron chi connectivity index (χ4n) is 18.1. The van der Waals surface area contributed by atoms with Crippen molar-refractivity contribution < 1.29 is 4.79 Å².